The maximum absolute atomic E-state index is 12.9. The fraction of sp³-hybridized carbons (Fsp3) is 0.200. The predicted molar refractivity (Wildman–Crippen MR) is 99.5 cm³/mol. The van der Waals surface area contributed by atoms with Gasteiger partial charge in [-0.3, -0.25) is 19.7 Å². The van der Waals surface area contributed by atoms with Crippen LogP contribution in [0, 0.1) is 10.1 Å². The van der Waals surface area contributed by atoms with E-state index in [2.05, 4.69) is 6.58 Å². The molecule has 0 aromatic heterocycles. The Morgan fingerprint density at radius 3 is 2.63 bits per heavy atom. The van der Waals surface area contributed by atoms with E-state index in [0.717, 1.165) is 11.6 Å². The van der Waals surface area contributed by atoms with Crippen molar-refractivity contribution in [3.8, 4) is 0 Å². The topological polar surface area (TPSA) is 101 Å². The smallest absolute Gasteiger partial charge is 0.270 e. The second kappa shape index (κ2) is 6.77. The molecule has 0 fully saturated rings. The number of nitro groups is 1. The molecule has 1 N–H and O–H groups in total. The number of para-hydroxylation sites is 1. The third-order valence-corrected chi connectivity index (χ3v) is 4.46. The Kier molecular flexibility index (Phi) is 4.63. The summed E-state index contributed by atoms with van der Waals surface area (Å²) in [5.41, 5.74) is -0.577. The van der Waals surface area contributed by atoms with Gasteiger partial charge in [-0.2, -0.15) is 0 Å². The van der Waals surface area contributed by atoms with Gasteiger partial charge in [-0.05, 0) is 13.0 Å². The van der Waals surface area contributed by atoms with Gasteiger partial charge in [-0.15, -0.1) is 0 Å². The number of non-ortho nitro benzene ring substituents is 1. The molecule has 0 saturated heterocycles. The lowest BCUT2D eigenvalue weighted by Gasteiger charge is -2.22. The third kappa shape index (κ3) is 3.24. The van der Waals surface area contributed by atoms with Crippen LogP contribution in [-0.4, -0.2) is 28.3 Å². The molecule has 1 amide bonds. The van der Waals surface area contributed by atoms with E-state index in [1.54, 1.807) is 31.2 Å². The number of nitrogens with zero attached hydrogens (tertiary/aromatic N) is 2. The number of benzene rings is 2. The van der Waals surface area contributed by atoms with E-state index in [4.69, 9.17) is 0 Å². The highest BCUT2D eigenvalue weighted by molar-refractivity contribution is 6.11. The minimum Gasteiger partial charge on any atom is -0.375 e. The first-order valence-electron chi connectivity index (χ1n) is 8.30. The van der Waals surface area contributed by atoms with Crippen LogP contribution in [0.4, 0.5) is 11.4 Å². The molecule has 138 valence electrons. The normalized spacial score (nSPS) is 18.3. The average molecular weight is 366 g/mol. The number of aliphatic hydroxyl groups is 1. The number of fused-ring (bicyclic) bond motifs is 1. The molecule has 1 aliphatic heterocycles. The van der Waals surface area contributed by atoms with Crippen LogP contribution in [0.2, 0.25) is 0 Å². The highest BCUT2D eigenvalue weighted by Gasteiger charge is 2.50. The summed E-state index contributed by atoms with van der Waals surface area (Å²) in [6, 6.07) is 12.0. The van der Waals surface area contributed by atoms with Crippen molar-refractivity contribution in [1.29, 1.82) is 0 Å². The Balaban J connectivity index is 1.97. The lowest BCUT2D eigenvalue weighted by atomic mass is 9.88. The van der Waals surface area contributed by atoms with Crippen LogP contribution in [-0.2, 0) is 10.4 Å². The summed E-state index contributed by atoms with van der Waals surface area (Å²) in [5, 5.41) is 22.1. The molecule has 3 rings (SSSR count). The van der Waals surface area contributed by atoms with Gasteiger partial charge in [-0.25, -0.2) is 0 Å². The third-order valence-electron chi connectivity index (χ3n) is 4.46. The van der Waals surface area contributed by atoms with Crippen LogP contribution in [0.3, 0.4) is 0 Å². The molecule has 1 atom stereocenters. The van der Waals surface area contributed by atoms with Gasteiger partial charge in [0.2, 0.25) is 0 Å². The molecule has 27 heavy (non-hydrogen) atoms. The van der Waals surface area contributed by atoms with E-state index < -0.39 is 28.6 Å². The van der Waals surface area contributed by atoms with Gasteiger partial charge >= 0.3 is 0 Å². The first-order valence-corrected chi connectivity index (χ1v) is 8.30. The SMILES string of the molecule is C=C(C)CN1C(=O)C(O)(CC(=O)c2cccc([N+](=O)[O-])c2)c2ccccc21. The summed E-state index contributed by atoms with van der Waals surface area (Å²) in [6.45, 7) is 5.79. The molecule has 0 spiro atoms. The molecule has 1 unspecified atom stereocenters. The Morgan fingerprint density at radius 2 is 1.96 bits per heavy atom. The standard InChI is InChI=1S/C20H18N2O5/c1-13(2)12-21-17-9-4-3-8-16(17)20(25,19(21)24)11-18(23)14-6-5-7-15(10-14)22(26)27/h3-10,25H,1,11-12H2,2H3. The zero-order valence-corrected chi connectivity index (χ0v) is 14.7. The van der Waals surface area contributed by atoms with Crippen LogP contribution >= 0.6 is 0 Å². The van der Waals surface area contributed by atoms with Gasteiger partial charge in [0.25, 0.3) is 11.6 Å². The average Bonchev–Trinajstić information content (AvgIpc) is 2.84. The van der Waals surface area contributed by atoms with E-state index in [9.17, 15) is 24.8 Å². The van der Waals surface area contributed by atoms with Gasteiger partial charge in [0.15, 0.2) is 11.4 Å². The van der Waals surface area contributed by atoms with Crippen molar-refractivity contribution in [2.24, 2.45) is 0 Å². The number of carbonyl (C=O) groups is 2. The van der Waals surface area contributed by atoms with Gasteiger partial charge in [0.05, 0.1) is 17.0 Å². The molecule has 0 aliphatic carbocycles. The van der Waals surface area contributed by atoms with Crippen LogP contribution in [0.1, 0.15) is 29.3 Å². The largest absolute Gasteiger partial charge is 0.375 e. The Bertz CT molecular complexity index is 968. The molecule has 2 aromatic rings. The summed E-state index contributed by atoms with van der Waals surface area (Å²) >= 11 is 0. The summed E-state index contributed by atoms with van der Waals surface area (Å²) in [5.74, 6) is -1.16. The van der Waals surface area contributed by atoms with Crippen molar-refractivity contribution in [1.82, 2.24) is 0 Å². The van der Waals surface area contributed by atoms with E-state index in [-0.39, 0.29) is 17.8 Å². The lowest BCUT2D eigenvalue weighted by molar-refractivity contribution is -0.384. The van der Waals surface area contributed by atoms with Crippen LogP contribution in [0.25, 0.3) is 0 Å². The van der Waals surface area contributed by atoms with Crippen LogP contribution in [0.5, 0.6) is 0 Å². The molecule has 7 heteroatoms. The maximum atomic E-state index is 12.9. The molecule has 1 heterocycles. The number of ketones is 1. The quantitative estimate of drug-likeness (QED) is 0.367. The number of hydrogen-bond acceptors (Lipinski definition) is 5. The fourth-order valence-electron chi connectivity index (χ4n) is 3.23. The van der Waals surface area contributed by atoms with E-state index in [1.807, 2.05) is 0 Å². The molecule has 0 radical (unpaired) electrons. The predicted octanol–water partition coefficient (Wildman–Crippen LogP) is 2.98. The fourth-order valence-corrected chi connectivity index (χ4v) is 3.23. The number of amides is 1. The summed E-state index contributed by atoms with van der Waals surface area (Å²) in [6.07, 6.45) is -0.503. The number of rotatable bonds is 6. The number of hydrogen-bond donors (Lipinski definition) is 1. The maximum Gasteiger partial charge on any atom is 0.270 e. The second-order valence-electron chi connectivity index (χ2n) is 6.63. The zero-order chi connectivity index (χ0) is 19.8. The molecule has 0 saturated carbocycles. The number of anilines is 1. The summed E-state index contributed by atoms with van der Waals surface area (Å²) < 4.78 is 0. The molecule has 7 nitrogen and oxygen atoms in total. The zero-order valence-electron chi connectivity index (χ0n) is 14.7. The van der Waals surface area contributed by atoms with E-state index >= 15 is 0 Å². The second-order valence-corrected chi connectivity index (χ2v) is 6.63. The number of carbonyl (C=O) groups excluding carboxylic acids is 2. The van der Waals surface area contributed by atoms with Gasteiger partial charge in [-0.1, -0.05) is 42.5 Å². The van der Waals surface area contributed by atoms with Gasteiger partial charge < -0.3 is 10.0 Å². The minimum atomic E-state index is -2.02. The first-order chi connectivity index (χ1) is 12.7. The summed E-state index contributed by atoms with van der Waals surface area (Å²) in [7, 11) is 0. The van der Waals surface area contributed by atoms with Gasteiger partial charge in [0, 0.05) is 29.8 Å². The van der Waals surface area contributed by atoms with Crippen molar-refractivity contribution in [2.45, 2.75) is 18.9 Å². The lowest BCUT2D eigenvalue weighted by Crippen LogP contribution is -2.42. The van der Waals surface area contributed by atoms with E-state index in [1.165, 1.54) is 23.1 Å². The number of Topliss-reactive ketones (excluding diaryl/α,β-unsaturated/α-hetero) is 1. The van der Waals surface area contributed by atoms with Crippen molar-refractivity contribution < 1.29 is 19.6 Å². The van der Waals surface area contributed by atoms with Gasteiger partial charge in [0.1, 0.15) is 0 Å². The highest BCUT2D eigenvalue weighted by atomic mass is 16.6. The molecule has 2 aromatic carbocycles. The monoisotopic (exact) mass is 366 g/mol. The van der Waals surface area contributed by atoms with Crippen molar-refractivity contribution in [3.63, 3.8) is 0 Å². The van der Waals surface area contributed by atoms with Crippen molar-refractivity contribution >= 4 is 23.1 Å². The van der Waals surface area contributed by atoms with Crippen molar-refractivity contribution in [3.05, 3.63) is 81.9 Å². The summed E-state index contributed by atoms with van der Waals surface area (Å²) in [4.78, 5) is 37.4. The Morgan fingerprint density at radius 1 is 1.26 bits per heavy atom. The first kappa shape index (κ1) is 18.5. The van der Waals surface area contributed by atoms with Crippen molar-refractivity contribution in [2.75, 3.05) is 11.4 Å². The van der Waals surface area contributed by atoms with Crippen LogP contribution < -0.4 is 4.90 Å². The highest BCUT2D eigenvalue weighted by Crippen LogP contribution is 2.43. The molecule has 0 bridgehead atoms. The molecule has 1 aliphatic rings. The van der Waals surface area contributed by atoms with Crippen LogP contribution in [0.15, 0.2) is 60.7 Å². The Labute approximate surface area is 155 Å². The molecular weight excluding hydrogens is 348 g/mol. The van der Waals surface area contributed by atoms with E-state index in [0.29, 0.717) is 11.3 Å². The molecular formula is C20H18N2O5. The number of nitro benzene ring substituents is 1. The Hall–Kier alpha value is -3.32. The minimum absolute atomic E-state index is 0.0706.